The van der Waals surface area contributed by atoms with Gasteiger partial charge in [-0.15, -0.1) is 11.3 Å². The van der Waals surface area contributed by atoms with Crippen molar-refractivity contribution in [2.24, 2.45) is 10.8 Å². The summed E-state index contributed by atoms with van der Waals surface area (Å²) in [6.45, 7) is 10.9. The fourth-order valence-electron chi connectivity index (χ4n) is 2.99. The zero-order chi connectivity index (χ0) is 17.6. The fraction of sp³-hybridized carbons (Fsp3) is 0.500. The second kappa shape index (κ2) is 4.37. The number of allylic oxidation sites excluding steroid dienone is 2. The minimum atomic E-state index is -3.77. The monoisotopic (exact) mass is 372 g/mol. The van der Waals surface area contributed by atoms with Gasteiger partial charge in [-0.2, -0.15) is 0 Å². The Balaban J connectivity index is 2.31. The summed E-state index contributed by atoms with van der Waals surface area (Å²) in [7, 11) is -7.53. The van der Waals surface area contributed by atoms with Crippen molar-refractivity contribution in [1.29, 1.82) is 0 Å². The average Bonchev–Trinajstić information content (AvgIpc) is 2.86. The van der Waals surface area contributed by atoms with Crippen molar-refractivity contribution < 1.29 is 16.8 Å². The quantitative estimate of drug-likeness (QED) is 0.688. The first-order chi connectivity index (χ1) is 10.2. The second-order valence-electron chi connectivity index (χ2n) is 8.01. The largest absolute Gasteiger partial charge is 0.219 e. The van der Waals surface area contributed by atoms with Crippen LogP contribution in [0.15, 0.2) is 19.6 Å². The maximum Gasteiger partial charge on any atom is 0.206 e. The molecule has 0 aromatic carbocycles. The zero-order valence-corrected chi connectivity index (χ0v) is 16.5. The van der Waals surface area contributed by atoms with Gasteiger partial charge in [-0.05, 0) is 23.0 Å². The van der Waals surface area contributed by atoms with E-state index in [1.54, 1.807) is 12.2 Å². The molecule has 0 aliphatic carbocycles. The Kier molecular flexibility index (Phi) is 3.22. The van der Waals surface area contributed by atoms with E-state index in [-0.39, 0.29) is 19.6 Å². The van der Waals surface area contributed by atoms with Crippen LogP contribution in [-0.2, 0) is 19.7 Å². The van der Waals surface area contributed by atoms with Crippen LogP contribution in [0.2, 0.25) is 0 Å². The first-order valence-electron chi connectivity index (χ1n) is 7.30. The Hall–Kier alpha value is -0.920. The van der Waals surface area contributed by atoms with Gasteiger partial charge in [0.05, 0.1) is 9.81 Å². The third kappa shape index (κ3) is 2.20. The van der Waals surface area contributed by atoms with Crippen molar-refractivity contribution in [3.63, 3.8) is 0 Å². The summed E-state index contributed by atoms with van der Waals surface area (Å²) in [5.41, 5.74) is -1.12. The van der Waals surface area contributed by atoms with Crippen molar-refractivity contribution in [1.82, 2.24) is 0 Å². The predicted molar refractivity (Wildman–Crippen MR) is 93.6 cm³/mol. The highest BCUT2D eigenvalue weighted by molar-refractivity contribution is 7.99. The molecule has 2 aliphatic heterocycles. The molecule has 3 rings (SSSR count). The maximum absolute atomic E-state index is 12.9. The molecule has 0 bridgehead atoms. The molecule has 7 heteroatoms. The second-order valence-corrected chi connectivity index (χ2v) is 12.8. The van der Waals surface area contributed by atoms with Crippen molar-refractivity contribution in [3.8, 4) is 0 Å². The molecule has 1 aromatic rings. The summed E-state index contributed by atoms with van der Waals surface area (Å²) in [4.78, 5) is 1.61. The van der Waals surface area contributed by atoms with Gasteiger partial charge < -0.3 is 0 Å². The molecule has 0 unspecified atom stereocenters. The van der Waals surface area contributed by atoms with Crippen molar-refractivity contribution in [2.45, 2.75) is 51.3 Å². The van der Waals surface area contributed by atoms with Gasteiger partial charge in [0, 0.05) is 9.75 Å². The van der Waals surface area contributed by atoms with Crippen LogP contribution < -0.4 is 0 Å². The first kappa shape index (κ1) is 16.9. The average molecular weight is 373 g/mol. The van der Waals surface area contributed by atoms with Gasteiger partial charge in [-0.3, -0.25) is 0 Å². The van der Waals surface area contributed by atoms with Crippen molar-refractivity contribution in [2.75, 3.05) is 0 Å². The van der Waals surface area contributed by atoms with Gasteiger partial charge in [-0.25, -0.2) is 16.8 Å². The molecule has 0 saturated carbocycles. The molecule has 1 aromatic heterocycles. The van der Waals surface area contributed by atoms with Gasteiger partial charge in [0.2, 0.25) is 19.7 Å². The molecule has 4 nitrogen and oxygen atoms in total. The van der Waals surface area contributed by atoms with Crippen LogP contribution in [-0.4, -0.2) is 16.8 Å². The van der Waals surface area contributed by atoms with Crippen LogP contribution >= 0.6 is 11.3 Å². The Morgan fingerprint density at radius 3 is 1.26 bits per heavy atom. The van der Waals surface area contributed by atoms with Gasteiger partial charge in [0.25, 0.3) is 0 Å². The standard InChI is InChI=1S/C16H20O4S3/c1-15(2,3)11-7-9-13(22(11,17)18)14-10(21-9)8-12(16(4,5)6)23(14,19)20/h7-8H,1-6H3. The van der Waals surface area contributed by atoms with E-state index in [1.807, 2.05) is 41.5 Å². The zero-order valence-electron chi connectivity index (χ0n) is 14.0. The van der Waals surface area contributed by atoms with E-state index in [2.05, 4.69) is 0 Å². The summed E-state index contributed by atoms with van der Waals surface area (Å²) in [6.07, 6.45) is 3.27. The highest BCUT2D eigenvalue weighted by atomic mass is 32.2. The molecule has 0 radical (unpaired) electrons. The Morgan fingerprint density at radius 1 is 0.696 bits per heavy atom. The van der Waals surface area contributed by atoms with Gasteiger partial charge in [0.15, 0.2) is 0 Å². The first-order valence-corrected chi connectivity index (χ1v) is 11.1. The van der Waals surface area contributed by atoms with Crippen LogP contribution in [0.25, 0.3) is 12.2 Å². The van der Waals surface area contributed by atoms with Gasteiger partial charge in [-0.1, -0.05) is 41.5 Å². The number of hydrogen-bond acceptors (Lipinski definition) is 5. The van der Waals surface area contributed by atoms with Crippen LogP contribution in [0.3, 0.4) is 0 Å². The highest BCUT2D eigenvalue weighted by Gasteiger charge is 2.48. The molecule has 3 heterocycles. The lowest BCUT2D eigenvalue weighted by Crippen LogP contribution is -2.19. The molecule has 23 heavy (non-hydrogen) atoms. The molecular formula is C16H20O4S3. The molecule has 0 atom stereocenters. The highest BCUT2D eigenvalue weighted by Crippen LogP contribution is 2.54. The Bertz CT molecular complexity index is 906. The molecule has 2 aliphatic rings. The molecule has 0 spiro atoms. The third-order valence-corrected chi connectivity index (χ3v) is 10.0. The van der Waals surface area contributed by atoms with Crippen LogP contribution in [0.4, 0.5) is 0 Å². The maximum atomic E-state index is 12.9. The number of fused-ring (bicyclic) bond motifs is 3. The Labute approximate surface area is 141 Å². The van der Waals surface area contributed by atoms with E-state index in [0.717, 1.165) is 0 Å². The number of rotatable bonds is 0. The van der Waals surface area contributed by atoms with Crippen LogP contribution in [0.5, 0.6) is 0 Å². The molecule has 0 fully saturated rings. The minimum Gasteiger partial charge on any atom is -0.219 e. The smallest absolute Gasteiger partial charge is 0.206 e. The molecule has 126 valence electrons. The molecule has 0 saturated heterocycles. The lowest BCUT2D eigenvalue weighted by atomic mass is 9.96. The van der Waals surface area contributed by atoms with E-state index in [1.165, 1.54) is 11.3 Å². The summed E-state index contributed by atoms with van der Waals surface area (Å²) >= 11 is 1.24. The summed E-state index contributed by atoms with van der Waals surface area (Å²) < 4.78 is 51.8. The van der Waals surface area contributed by atoms with Gasteiger partial charge in [0.1, 0.15) is 9.79 Å². The summed E-state index contributed by atoms with van der Waals surface area (Å²) in [6, 6.07) is 0. The van der Waals surface area contributed by atoms with Crippen molar-refractivity contribution in [3.05, 3.63) is 19.6 Å². The topological polar surface area (TPSA) is 68.3 Å². The van der Waals surface area contributed by atoms with Crippen LogP contribution in [0.1, 0.15) is 51.3 Å². The fourth-order valence-corrected chi connectivity index (χ4v) is 9.77. The van der Waals surface area contributed by atoms with Crippen LogP contribution in [0, 0.1) is 10.8 Å². The van der Waals surface area contributed by atoms with E-state index in [9.17, 15) is 16.8 Å². The van der Waals surface area contributed by atoms with Gasteiger partial charge >= 0.3 is 0 Å². The predicted octanol–water partition coefficient (Wildman–Crippen LogP) is 4.10. The number of hydrogen-bond donors (Lipinski definition) is 0. The third-order valence-electron chi connectivity index (χ3n) is 3.99. The lowest BCUT2D eigenvalue weighted by molar-refractivity contribution is 0.515. The number of thiophene rings is 1. The Morgan fingerprint density at radius 2 is 1.00 bits per heavy atom. The van der Waals surface area contributed by atoms with E-state index < -0.39 is 30.5 Å². The van der Waals surface area contributed by atoms with E-state index in [4.69, 9.17) is 0 Å². The molecule has 0 N–H and O–H groups in total. The normalized spacial score (nSPS) is 21.7. The SMILES string of the molecule is CC(C)(C)C1=Cc2sc3c(c2S1(=O)=O)S(=O)(=O)C(C(C)(C)C)=C3. The van der Waals surface area contributed by atoms with Crippen molar-refractivity contribution >= 4 is 43.2 Å². The van der Waals surface area contributed by atoms with E-state index in [0.29, 0.717) is 9.75 Å². The minimum absolute atomic E-state index is 0.0158. The summed E-state index contributed by atoms with van der Waals surface area (Å²) in [5.74, 6) is 0. The molecular weight excluding hydrogens is 352 g/mol. The lowest BCUT2D eigenvalue weighted by Gasteiger charge is -2.21. The van der Waals surface area contributed by atoms with E-state index >= 15 is 0 Å². The summed E-state index contributed by atoms with van der Waals surface area (Å²) in [5, 5.41) is 0. The number of sulfone groups is 2. The molecule has 0 amide bonds.